The van der Waals surface area contributed by atoms with Crippen LogP contribution in [0.2, 0.25) is 0 Å². The Morgan fingerprint density at radius 3 is 2.76 bits per heavy atom. The van der Waals surface area contributed by atoms with E-state index >= 15 is 0 Å². The average molecular weight is 355 g/mol. The van der Waals surface area contributed by atoms with Crippen LogP contribution in [0.5, 0.6) is 5.75 Å². The molecule has 4 rings (SSSR count). The molecule has 2 heterocycles. The minimum atomic E-state index is -0.567. The normalized spacial score (nSPS) is 13.8. The summed E-state index contributed by atoms with van der Waals surface area (Å²) in [5, 5.41) is 3.93. The maximum absolute atomic E-state index is 11.7. The molecule has 1 aliphatic rings. The van der Waals surface area contributed by atoms with E-state index in [-0.39, 0.29) is 0 Å². The summed E-state index contributed by atoms with van der Waals surface area (Å²) in [6, 6.07) is 7.95. The lowest BCUT2D eigenvalue weighted by Gasteiger charge is -2.11. The molecule has 25 heavy (non-hydrogen) atoms. The molecule has 0 atom stereocenters. The molecule has 5 N–H and O–H groups in total. The highest BCUT2D eigenvalue weighted by molar-refractivity contribution is 7.21. The van der Waals surface area contributed by atoms with E-state index < -0.39 is 5.91 Å². The van der Waals surface area contributed by atoms with Crippen LogP contribution in [-0.4, -0.2) is 29.0 Å². The predicted octanol–water partition coefficient (Wildman–Crippen LogP) is 2.62. The maximum Gasteiger partial charge on any atom is 0.260 e. The number of nitrogens with one attached hydrogen (secondary N) is 1. The maximum atomic E-state index is 11.7. The number of ether oxygens (including phenoxy) is 1. The van der Waals surface area contributed by atoms with Crippen LogP contribution in [0.1, 0.15) is 22.5 Å². The molecular weight excluding hydrogens is 338 g/mol. The summed E-state index contributed by atoms with van der Waals surface area (Å²) >= 11 is 1.18. The predicted molar refractivity (Wildman–Crippen MR) is 99.0 cm³/mol. The van der Waals surface area contributed by atoms with Gasteiger partial charge in [0.15, 0.2) is 0 Å². The zero-order chi connectivity index (χ0) is 17.6. The Hall–Kier alpha value is -2.87. The summed E-state index contributed by atoms with van der Waals surface area (Å²) in [5.41, 5.74) is 13.4. The van der Waals surface area contributed by atoms with Gasteiger partial charge < -0.3 is 21.5 Å². The average Bonchev–Trinajstić information content (AvgIpc) is 3.35. The van der Waals surface area contributed by atoms with Crippen molar-refractivity contribution in [3.05, 3.63) is 29.1 Å². The number of carbonyl (C=O) groups is 1. The van der Waals surface area contributed by atoms with Gasteiger partial charge in [0.05, 0.1) is 23.9 Å². The highest BCUT2D eigenvalue weighted by atomic mass is 32.1. The molecule has 0 aliphatic heterocycles. The third kappa shape index (κ3) is 2.74. The van der Waals surface area contributed by atoms with Crippen LogP contribution in [0.4, 0.5) is 11.6 Å². The topological polar surface area (TPSA) is 116 Å². The van der Waals surface area contributed by atoms with Gasteiger partial charge in [-0.2, -0.15) is 0 Å². The number of primary amides is 1. The standard InChI is InChI=1S/C17H17N5O2S/c1-24-10-5-3-2-4-9(10)13-11-12(18)14(15(19)23)25-16(11)22-17(21-13)20-8-6-7-8/h2-5,8H,6-7,18H2,1H3,(H2,19,23)(H,20,21,22). The molecule has 0 saturated heterocycles. The largest absolute Gasteiger partial charge is 0.496 e. The third-order valence-electron chi connectivity index (χ3n) is 4.08. The van der Waals surface area contributed by atoms with Crippen LogP contribution < -0.4 is 21.5 Å². The lowest BCUT2D eigenvalue weighted by atomic mass is 10.1. The minimum absolute atomic E-state index is 0.295. The summed E-state index contributed by atoms with van der Waals surface area (Å²) in [5.74, 6) is 0.627. The smallest absolute Gasteiger partial charge is 0.260 e. The van der Waals surface area contributed by atoms with Crippen LogP contribution in [0.3, 0.4) is 0 Å². The molecule has 3 aromatic rings. The molecule has 0 unspecified atom stereocenters. The molecular formula is C17H17N5O2S. The van der Waals surface area contributed by atoms with Gasteiger partial charge in [0.25, 0.3) is 5.91 Å². The van der Waals surface area contributed by atoms with E-state index in [9.17, 15) is 4.79 Å². The van der Waals surface area contributed by atoms with Gasteiger partial charge in [0.2, 0.25) is 5.95 Å². The summed E-state index contributed by atoms with van der Waals surface area (Å²) in [6.07, 6.45) is 2.20. The first-order valence-electron chi connectivity index (χ1n) is 7.88. The Morgan fingerprint density at radius 2 is 2.08 bits per heavy atom. The first kappa shape index (κ1) is 15.6. The molecule has 1 fully saturated rings. The molecule has 7 nitrogen and oxygen atoms in total. The molecule has 0 spiro atoms. The lowest BCUT2D eigenvalue weighted by Crippen LogP contribution is -2.10. The second-order valence-electron chi connectivity index (χ2n) is 5.90. The van der Waals surface area contributed by atoms with Crippen LogP contribution in [0.15, 0.2) is 24.3 Å². The minimum Gasteiger partial charge on any atom is -0.496 e. The fourth-order valence-electron chi connectivity index (χ4n) is 2.71. The van der Waals surface area contributed by atoms with Crippen molar-refractivity contribution in [1.82, 2.24) is 9.97 Å². The van der Waals surface area contributed by atoms with Gasteiger partial charge in [-0.05, 0) is 25.0 Å². The third-order valence-corrected chi connectivity index (χ3v) is 5.20. The zero-order valence-corrected chi connectivity index (χ0v) is 14.4. The zero-order valence-electron chi connectivity index (χ0n) is 13.6. The summed E-state index contributed by atoms with van der Waals surface area (Å²) in [7, 11) is 1.60. The molecule has 8 heteroatoms. The number of rotatable bonds is 5. The van der Waals surface area contributed by atoms with Gasteiger partial charge in [0.1, 0.15) is 15.5 Å². The Labute approximate surface area is 148 Å². The molecule has 2 aromatic heterocycles. The lowest BCUT2D eigenvalue weighted by molar-refractivity contribution is 0.100. The van der Waals surface area contributed by atoms with E-state index in [1.807, 2.05) is 24.3 Å². The number of hydrogen-bond acceptors (Lipinski definition) is 7. The van der Waals surface area contributed by atoms with Crippen molar-refractivity contribution in [1.29, 1.82) is 0 Å². The van der Waals surface area contributed by atoms with Crippen molar-refractivity contribution < 1.29 is 9.53 Å². The molecule has 1 aliphatic carbocycles. The first-order valence-corrected chi connectivity index (χ1v) is 8.70. The van der Waals surface area contributed by atoms with Gasteiger partial charge in [-0.3, -0.25) is 4.79 Å². The second kappa shape index (κ2) is 5.89. The highest BCUT2D eigenvalue weighted by Gasteiger charge is 2.25. The van der Waals surface area contributed by atoms with Gasteiger partial charge >= 0.3 is 0 Å². The number of hydrogen-bond donors (Lipinski definition) is 3. The number of nitrogens with zero attached hydrogens (tertiary/aromatic N) is 2. The second-order valence-corrected chi connectivity index (χ2v) is 6.90. The van der Waals surface area contributed by atoms with Crippen molar-refractivity contribution >= 4 is 39.1 Å². The molecule has 0 radical (unpaired) electrons. The van der Waals surface area contributed by atoms with Gasteiger partial charge in [-0.15, -0.1) is 11.3 Å². The summed E-state index contributed by atoms with van der Waals surface area (Å²) in [6.45, 7) is 0. The Morgan fingerprint density at radius 1 is 1.32 bits per heavy atom. The summed E-state index contributed by atoms with van der Waals surface area (Å²) in [4.78, 5) is 21.8. The Balaban J connectivity index is 2.00. The van der Waals surface area contributed by atoms with E-state index in [0.717, 1.165) is 18.4 Å². The molecule has 1 aromatic carbocycles. The van der Waals surface area contributed by atoms with E-state index in [2.05, 4.69) is 15.3 Å². The Kier molecular flexibility index (Phi) is 3.69. The van der Waals surface area contributed by atoms with E-state index in [1.165, 1.54) is 11.3 Å². The van der Waals surface area contributed by atoms with Gasteiger partial charge in [-0.25, -0.2) is 9.97 Å². The number of nitrogen functional groups attached to an aromatic ring is 1. The number of amides is 1. The molecule has 0 bridgehead atoms. The number of benzene rings is 1. The number of anilines is 2. The monoisotopic (exact) mass is 355 g/mol. The fraction of sp³-hybridized carbons (Fsp3) is 0.235. The number of fused-ring (bicyclic) bond motifs is 1. The van der Waals surface area contributed by atoms with E-state index in [1.54, 1.807) is 7.11 Å². The first-order chi connectivity index (χ1) is 12.1. The SMILES string of the molecule is COc1ccccc1-c1nc(NC2CC2)nc2sc(C(N)=O)c(N)c12. The van der Waals surface area contributed by atoms with Gasteiger partial charge in [-0.1, -0.05) is 12.1 Å². The van der Waals surface area contributed by atoms with Crippen molar-refractivity contribution in [2.45, 2.75) is 18.9 Å². The van der Waals surface area contributed by atoms with Crippen molar-refractivity contribution in [2.75, 3.05) is 18.2 Å². The molecule has 1 saturated carbocycles. The quantitative estimate of drug-likeness (QED) is 0.648. The number of thiophene rings is 1. The molecule has 1 amide bonds. The fourth-order valence-corrected chi connectivity index (χ4v) is 3.66. The van der Waals surface area contributed by atoms with Gasteiger partial charge in [0, 0.05) is 11.6 Å². The highest BCUT2D eigenvalue weighted by Crippen LogP contribution is 2.41. The summed E-state index contributed by atoms with van der Waals surface area (Å²) < 4.78 is 5.47. The molecule has 128 valence electrons. The van der Waals surface area contributed by atoms with Crippen molar-refractivity contribution in [3.63, 3.8) is 0 Å². The Bertz CT molecular complexity index is 981. The van der Waals surface area contributed by atoms with Crippen LogP contribution in [-0.2, 0) is 0 Å². The number of aromatic nitrogens is 2. The van der Waals surface area contributed by atoms with Crippen LogP contribution in [0, 0.1) is 0 Å². The van der Waals surface area contributed by atoms with E-state index in [0.29, 0.717) is 44.2 Å². The number of carbonyl (C=O) groups excluding carboxylic acids is 1. The number of para-hydroxylation sites is 1. The van der Waals surface area contributed by atoms with Crippen LogP contribution >= 0.6 is 11.3 Å². The number of methoxy groups -OCH3 is 1. The van der Waals surface area contributed by atoms with Crippen LogP contribution in [0.25, 0.3) is 21.5 Å². The van der Waals surface area contributed by atoms with E-state index in [4.69, 9.17) is 16.2 Å². The van der Waals surface area contributed by atoms with Crippen molar-refractivity contribution in [2.24, 2.45) is 5.73 Å². The number of nitrogens with two attached hydrogens (primary N) is 2. The van der Waals surface area contributed by atoms with Crippen molar-refractivity contribution in [3.8, 4) is 17.0 Å².